The Morgan fingerprint density at radius 2 is 2.00 bits per heavy atom. The number of carbonyl (C=O) groups is 2. The highest BCUT2D eigenvalue weighted by atomic mass is 16.5. The number of amides is 1. The summed E-state index contributed by atoms with van der Waals surface area (Å²) < 4.78 is 5.45. The van der Waals surface area contributed by atoms with E-state index in [0.717, 1.165) is 25.7 Å². The highest BCUT2D eigenvalue weighted by Gasteiger charge is 2.32. The Labute approximate surface area is 101 Å². The fourth-order valence-corrected chi connectivity index (χ4v) is 2.52. The lowest BCUT2D eigenvalue weighted by Gasteiger charge is -2.34. The molecule has 5 nitrogen and oxygen atoms in total. The number of carbonyl (C=O) groups excluding carboxylic acids is 1. The van der Waals surface area contributed by atoms with Crippen LogP contribution in [0.25, 0.3) is 0 Å². The van der Waals surface area contributed by atoms with Gasteiger partial charge in [0.15, 0.2) is 0 Å². The Morgan fingerprint density at radius 3 is 2.65 bits per heavy atom. The van der Waals surface area contributed by atoms with Gasteiger partial charge in [0.05, 0.1) is 5.92 Å². The maximum atomic E-state index is 12.1. The molecule has 2 heterocycles. The molecule has 96 valence electrons. The fourth-order valence-electron chi connectivity index (χ4n) is 2.52. The van der Waals surface area contributed by atoms with Crippen LogP contribution in [0.1, 0.15) is 32.1 Å². The van der Waals surface area contributed by atoms with Gasteiger partial charge in [-0.1, -0.05) is 0 Å². The molecule has 2 atom stereocenters. The normalized spacial score (nSPS) is 30.0. The Morgan fingerprint density at radius 1 is 1.18 bits per heavy atom. The van der Waals surface area contributed by atoms with Crippen molar-refractivity contribution < 1.29 is 19.4 Å². The van der Waals surface area contributed by atoms with E-state index in [1.165, 1.54) is 0 Å². The van der Waals surface area contributed by atoms with Gasteiger partial charge in [0.25, 0.3) is 5.91 Å². The molecule has 2 saturated heterocycles. The molecule has 0 aliphatic carbocycles. The van der Waals surface area contributed by atoms with E-state index in [1.807, 2.05) is 0 Å². The van der Waals surface area contributed by atoms with Gasteiger partial charge in [-0.15, -0.1) is 0 Å². The maximum Gasteiger partial charge on any atom is 0.308 e. The lowest BCUT2D eigenvalue weighted by Crippen LogP contribution is -2.47. The zero-order valence-electron chi connectivity index (χ0n) is 9.93. The van der Waals surface area contributed by atoms with Crippen molar-refractivity contribution in [1.82, 2.24) is 4.90 Å². The predicted molar refractivity (Wildman–Crippen MR) is 60.5 cm³/mol. The van der Waals surface area contributed by atoms with Crippen molar-refractivity contribution in [2.24, 2.45) is 5.92 Å². The van der Waals surface area contributed by atoms with Crippen LogP contribution >= 0.6 is 0 Å². The molecule has 1 N–H and O–H groups in total. The molecule has 0 radical (unpaired) electrons. The third-order valence-corrected chi connectivity index (χ3v) is 3.54. The Balaban J connectivity index is 1.91. The van der Waals surface area contributed by atoms with Gasteiger partial charge in [-0.25, -0.2) is 0 Å². The quantitative estimate of drug-likeness (QED) is 0.779. The van der Waals surface area contributed by atoms with Crippen LogP contribution in [-0.4, -0.2) is 47.7 Å². The number of hydrogen-bond donors (Lipinski definition) is 1. The number of hydrogen-bond acceptors (Lipinski definition) is 3. The summed E-state index contributed by atoms with van der Waals surface area (Å²) in [5.41, 5.74) is 0. The second kappa shape index (κ2) is 5.49. The average molecular weight is 241 g/mol. The first-order chi connectivity index (χ1) is 8.18. The summed E-state index contributed by atoms with van der Waals surface area (Å²) in [6.07, 6.45) is 3.91. The number of aliphatic carboxylic acids is 1. The summed E-state index contributed by atoms with van der Waals surface area (Å²) in [6, 6.07) is 0. The van der Waals surface area contributed by atoms with E-state index in [0.29, 0.717) is 26.1 Å². The summed E-state index contributed by atoms with van der Waals surface area (Å²) in [6.45, 7) is 1.66. The molecule has 2 aliphatic heterocycles. The highest BCUT2D eigenvalue weighted by molar-refractivity contribution is 5.82. The first-order valence-corrected chi connectivity index (χ1v) is 6.31. The molecule has 17 heavy (non-hydrogen) atoms. The summed E-state index contributed by atoms with van der Waals surface area (Å²) in [7, 11) is 0. The van der Waals surface area contributed by atoms with Crippen molar-refractivity contribution in [1.29, 1.82) is 0 Å². The molecule has 0 spiro atoms. The van der Waals surface area contributed by atoms with Crippen LogP contribution in [0.5, 0.6) is 0 Å². The molecule has 0 aromatic carbocycles. The summed E-state index contributed by atoms with van der Waals surface area (Å²) in [5.74, 6) is -1.22. The average Bonchev–Trinajstić information content (AvgIpc) is 2.39. The smallest absolute Gasteiger partial charge is 0.308 e. The Kier molecular flexibility index (Phi) is 3.99. The Bertz CT molecular complexity index is 299. The topological polar surface area (TPSA) is 66.8 Å². The van der Waals surface area contributed by atoms with E-state index < -0.39 is 11.9 Å². The second-order valence-corrected chi connectivity index (χ2v) is 4.82. The molecular formula is C12H19NO4. The monoisotopic (exact) mass is 241 g/mol. The molecule has 0 unspecified atom stereocenters. The number of rotatable bonds is 2. The van der Waals surface area contributed by atoms with Gasteiger partial charge in [0.1, 0.15) is 6.10 Å². The van der Waals surface area contributed by atoms with Crippen molar-refractivity contribution in [3.63, 3.8) is 0 Å². The van der Waals surface area contributed by atoms with Gasteiger partial charge in [-0.05, 0) is 32.1 Å². The van der Waals surface area contributed by atoms with Gasteiger partial charge in [0, 0.05) is 19.7 Å². The molecule has 0 aromatic rings. The van der Waals surface area contributed by atoms with E-state index in [2.05, 4.69) is 0 Å². The predicted octanol–water partition coefficient (Wildman–Crippen LogP) is 0.879. The minimum atomic E-state index is -0.799. The summed E-state index contributed by atoms with van der Waals surface area (Å²) in [5, 5.41) is 8.98. The van der Waals surface area contributed by atoms with Gasteiger partial charge in [-0.3, -0.25) is 9.59 Å². The number of carboxylic acids is 1. The van der Waals surface area contributed by atoms with Crippen LogP contribution in [0.4, 0.5) is 0 Å². The molecule has 0 bridgehead atoms. The standard InChI is InChI=1S/C12H19NO4/c14-11(10-5-1-2-7-17-10)13-6-3-4-9(8-13)12(15)16/h9-10H,1-8H2,(H,15,16)/t9-,10+/m1/s1. The molecule has 2 fully saturated rings. The number of nitrogens with zero attached hydrogens (tertiary/aromatic N) is 1. The number of likely N-dealkylation sites (tertiary alicyclic amines) is 1. The lowest BCUT2D eigenvalue weighted by molar-refractivity contribution is -0.152. The first kappa shape index (κ1) is 12.4. The van der Waals surface area contributed by atoms with Crippen molar-refractivity contribution >= 4 is 11.9 Å². The zero-order chi connectivity index (χ0) is 12.3. The van der Waals surface area contributed by atoms with Gasteiger partial charge in [0.2, 0.25) is 0 Å². The van der Waals surface area contributed by atoms with Crippen molar-refractivity contribution in [3.8, 4) is 0 Å². The van der Waals surface area contributed by atoms with Crippen LogP contribution in [0.3, 0.4) is 0 Å². The maximum absolute atomic E-state index is 12.1. The number of carboxylic acid groups (broad SMARTS) is 1. The third-order valence-electron chi connectivity index (χ3n) is 3.54. The van der Waals surface area contributed by atoms with E-state index >= 15 is 0 Å². The highest BCUT2D eigenvalue weighted by Crippen LogP contribution is 2.21. The van der Waals surface area contributed by atoms with Crippen molar-refractivity contribution in [3.05, 3.63) is 0 Å². The van der Waals surface area contributed by atoms with Crippen molar-refractivity contribution in [2.45, 2.75) is 38.2 Å². The summed E-state index contributed by atoms with van der Waals surface area (Å²) in [4.78, 5) is 24.7. The van der Waals surface area contributed by atoms with Crippen LogP contribution in [-0.2, 0) is 14.3 Å². The van der Waals surface area contributed by atoms with Gasteiger partial charge < -0.3 is 14.7 Å². The molecule has 0 saturated carbocycles. The second-order valence-electron chi connectivity index (χ2n) is 4.82. The molecule has 2 rings (SSSR count). The number of ether oxygens (including phenoxy) is 1. The lowest BCUT2D eigenvalue weighted by atomic mass is 9.97. The molecule has 2 aliphatic rings. The van der Waals surface area contributed by atoms with Crippen molar-refractivity contribution in [2.75, 3.05) is 19.7 Å². The first-order valence-electron chi connectivity index (χ1n) is 6.31. The number of piperidine rings is 1. The zero-order valence-corrected chi connectivity index (χ0v) is 9.93. The summed E-state index contributed by atoms with van der Waals surface area (Å²) >= 11 is 0. The minimum Gasteiger partial charge on any atom is -0.481 e. The largest absolute Gasteiger partial charge is 0.481 e. The van der Waals surface area contributed by atoms with Crippen LogP contribution in [0, 0.1) is 5.92 Å². The van der Waals surface area contributed by atoms with Crippen LogP contribution < -0.4 is 0 Å². The molecule has 5 heteroatoms. The van der Waals surface area contributed by atoms with E-state index in [1.54, 1.807) is 4.90 Å². The van der Waals surface area contributed by atoms with Gasteiger partial charge >= 0.3 is 5.97 Å². The molecule has 0 aromatic heterocycles. The van der Waals surface area contributed by atoms with E-state index in [9.17, 15) is 9.59 Å². The van der Waals surface area contributed by atoms with E-state index in [-0.39, 0.29) is 12.0 Å². The van der Waals surface area contributed by atoms with Gasteiger partial charge in [-0.2, -0.15) is 0 Å². The molecular weight excluding hydrogens is 222 g/mol. The van der Waals surface area contributed by atoms with E-state index in [4.69, 9.17) is 9.84 Å². The SMILES string of the molecule is O=C(O)[C@@H]1CCCN(C(=O)[C@@H]2CCCCO2)C1. The minimum absolute atomic E-state index is 0.0179. The van der Waals surface area contributed by atoms with Crippen LogP contribution in [0.2, 0.25) is 0 Å². The third kappa shape index (κ3) is 2.97. The fraction of sp³-hybridized carbons (Fsp3) is 0.833. The van der Waals surface area contributed by atoms with Crippen LogP contribution in [0.15, 0.2) is 0 Å². The Hall–Kier alpha value is -1.10. The molecule has 1 amide bonds.